The molecule has 0 aliphatic rings. The average Bonchev–Trinajstić information content (AvgIpc) is 2.39. The Bertz CT molecular complexity index is 324. The first-order valence-corrected chi connectivity index (χ1v) is 17.0. The molecule has 0 heterocycles. The van der Waals surface area contributed by atoms with Gasteiger partial charge in [0, 0.05) is 0 Å². The molecule has 0 aliphatic carbocycles. The number of hydrogen-bond donors (Lipinski definition) is 0. The summed E-state index contributed by atoms with van der Waals surface area (Å²) in [5.74, 6) is 0. The monoisotopic (exact) mass is 462 g/mol. The summed E-state index contributed by atoms with van der Waals surface area (Å²) in [5.41, 5.74) is 0.151. The standard InChI is InChI=1S/C21H46Ge2O/c1-13-21(14-2,24-23(17(3)4)18(5)6)15-16-22(19(7,8)9)20(10,11)12/h17-18H,13-16H2,1-12H3. The van der Waals surface area contributed by atoms with Crippen LogP contribution in [-0.4, -0.2) is 34.6 Å². The summed E-state index contributed by atoms with van der Waals surface area (Å²) in [7, 11) is 0. The second-order valence-electron chi connectivity index (χ2n) is 10.2. The van der Waals surface area contributed by atoms with Crippen LogP contribution in [0.25, 0.3) is 0 Å². The van der Waals surface area contributed by atoms with Gasteiger partial charge in [-0.15, -0.1) is 0 Å². The molecule has 0 saturated carbocycles. The van der Waals surface area contributed by atoms with Crippen molar-refractivity contribution in [1.82, 2.24) is 0 Å². The minimum absolute atomic E-state index is 0.151. The van der Waals surface area contributed by atoms with Gasteiger partial charge in [-0.2, -0.15) is 0 Å². The van der Waals surface area contributed by atoms with Crippen molar-refractivity contribution in [3.63, 3.8) is 0 Å². The molecule has 24 heavy (non-hydrogen) atoms. The molecule has 0 amide bonds. The summed E-state index contributed by atoms with van der Waals surface area (Å²) in [6.07, 6.45) is 3.65. The summed E-state index contributed by atoms with van der Waals surface area (Å²) < 4.78 is 9.56. The molecule has 1 nitrogen and oxygen atoms in total. The Hall–Kier alpha value is 1.05. The van der Waals surface area contributed by atoms with E-state index in [0.29, 0.717) is 8.49 Å². The van der Waals surface area contributed by atoms with Crippen LogP contribution < -0.4 is 0 Å². The van der Waals surface area contributed by atoms with Gasteiger partial charge in [-0.25, -0.2) is 0 Å². The quantitative estimate of drug-likeness (QED) is 0.319. The first-order valence-electron chi connectivity index (χ1n) is 10.1. The van der Waals surface area contributed by atoms with Crippen LogP contribution in [0, 0.1) is 0 Å². The van der Waals surface area contributed by atoms with Gasteiger partial charge in [0.05, 0.1) is 0 Å². The normalized spacial score (nSPS) is 14.5. The van der Waals surface area contributed by atoms with Crippen LogP contribution in [0.2, 0.25) is 23.2 Å². The predicted octanol–water partition coefficient (Wildman–Crippen LogP) is 7.86. The van der Waals surface area contributed by atoms with Crippen LogP contribution >= 0.6 is 0 Å². The van der Waals surface area contributed by atoms with Crippen molar-refractivity contribution < 1.29 is 3.76 Å². The first-order chi connectivity index (χ1) is 10.7. The molecule has 3 heteroatoms. The van der Waals surface area contributed by atoms with Crippen molar-refractivity contribution in [2.45, 2.75) is 131 Å². The van der Waals surface area contributed by atoms with Crippen LogP contribution in [0.4, 0.5) is 0 Å². The molecule has 0 rings (SSSR count). The van der Waals surface area contributed by atoms with Crippen LogP contribution in [0.3, 0.4) is 0 Å². The van der Waals surface area contributed by atoms with E-state index in [1.54, 1.807) is 0 Å². The molecule has 0 spiro atoms. The zero-order valence-electron chi connectivity index (χ0n) is 18.9. The Balaban J connectivity index is 5.31. The van der Waals surface area contributed by atoms with E-state index in [1.165, 1.54) is 24.5 Å². The molecular weight excluding hydrogens is 413 g/mol. The second kappa shape index (κ2) is 9.83. The fourth-order valence-electron chi connectivity index (χ4n) is 4.18. The van der Waals surface area contributed by atoms with Crippen molar-refractivity contribution >= 4 is 29.0 Å². The van der Waals surface area contributed by atoms with E-state index >= 15 is 0 Å². The van der Waals surface area contributed by atoms with Gasteiger partial charge in [0.1, 0.15) is 0 Å². The molecule has 0 aromatic carbocycles. The van der Waals surface area contributed by atoms with Crippen molar-refractivity contribution in [3.05, 3.63) is 0 Å². The Labute approximate surface area is 163 Å². The van der Waals surface area contributed by atoms with E-state index in [2.05, 4.69) is 83.1 Å². The van der Waals surface area contributed by atoms with Crippen molar-refractivity contribution in [1.29, 1.82) is 0 Å². The molecule has 144 valence electrons. The Morgan fingerprint density at radius 3 is 1.38 bits per heavy atom. The first kappa shape index (κ1) is 25.0. The summed E-state index contributed by atoms with van der Waals surface area (Å²) in [4.78, 5) is 0. The SMILES string of the molecule is CCC(CC)(C[CH2][Ge]([C](C)(C)C)[C](C)(C)C)[O][Ge]([CH](C)C)[CH](C)C. The number of rotatable bonds is 9. The summed E-state index contributed by atoms with van der Waals surface area (Å²) in [6.45, 7) is 29.1. The third-order valence-corrected chi connectivity index (χ3v) is 20.8. The third-order valence-electron chi connectivity index (χ3n) is 5.40. The van der Waals surface area contributed by atoms with Gasteiger partial charge in [0.2, 0.25) is 0 Å². The zero-order chi connectivity index (χ0) is 19.3. The summed E-state index contributed by atoms with van der Waals surface area (Å²) in [6, 6.07) is 0. The molecule has 0 unspecified atom stereocenters. The molecule has 0 fully saturated rings. The van der Waals surface area contributed by atoms with E-state index in [4.69, 9.17) is 3.76 Å². The van der Waals surface area contributed by atoms with Crippen molar-refractivity contribution in [3.8, 4) is 0 Å². The third kappa shape index (κ3) is 7.74. The van der Waals surface area contributed by atoms with Gasteiger partial charge in [0.15, 0.2) is 0 Å². The Morgan fingerprint density at radius 1 is 0.750 bits per heavy atom. The van der Waals surface area contributed by atoms with Crippen LogP contribution in [0.5, 0.6) is 0 Å². The summed E-state index contributed by atoms with van der Waals surface area (Å²) >= 11 is -2.69. The van der Waals surface area contributed by atoms with Crippen molar-refractivity contribution in [2.24, 2.45) is 0 Å². The van der Waals surface area contributed by atoms with Gasteiger partial charge < -0.3 is 0 Å². The molecule has 0 bridgehead atoms. The van der Waals surface area contributed by atoms with E-state index in [-0.39, 0.29) is 5.60 Å². The van der Waals surface area contributed by atoms with Gasteiger partial charge >= 0.3 is 164 Å². The maximum absolute atomic E-state index is 7.03. The molecule has 0 atom stereocenters. The minimum atomic E-state index is -1.48. The molecule has 2 radical (unpaired) electrons. The molecular formula is C21H46Ge2O. The Morgan fingerprint density at radius 2 is 1.12 bits per heavy atom. The molecule has 0 aromatic heterocycles. The van der Waals surface area contributed by atoms with E-state index in [1.807, 2.05) is 0 Å². The molecule has 0 saturated heterocycles. The van der Waals surface area contributed by atoms with Gasteiger partial charge in [0.25, 0.3) is 0 Å². The van der Waals surface area contributed by atoms with Gasteiger partial charge in [-0.05, 0) is 0 Å². The topological polar surface area (TPSA) is 9.23 Å². The van der Waals surface area contributed by atoms with Crippen LogP contribution in [-0.2, 0) is 3.76 Å². The van der Waals surface area contributed by atoms with E-state index in [0.717, 1.165) is 9.50 Å². The fourth-order valence-corrected chi connectivity index (χ4v) is 19.2. The van der Waals surface area contributed by atoms with E-state index in [9.17, 15) is 0 Å². The second-order valence-corrected chi connectivity index (χ2v) is 26.5. The zero-order valence-corrected chi connectivity index (χ0v) is 23.1. The fraction of sp³-hybridized carbons (Fsp3) is 1.00. The maximum atomic E-state index is 7.03. The van der Waals surface area contributed by atoms with Crippen LogP contribution in [0.1, 0.15) is 102 Å². The summed E-state index contributed by atoms with van der Waals surface area (Å²) in [5, 5.41) is 1.44. The molecule has 0 aliphatic heterocycles. The Kier molecular flexibility index (Phi) is 10.3. The molecule has 0 N–H and O–H groups in total. The average molecular weight is 460 g/mol. The van der Waals surface area contributed by atoms with Gasteiger partial charge in [-0.3, -0.25) is 0 Å². The van der Waals surface area contributed by atoms with Gasteiger partial charge in [-0.1, -0.05) is 0 Å². The predicted molar refractivity (Wildman–Crippen MR) is 115 cm³/mol. The van der Waals surface area contributed by atoms with Crippen LogP contribution in [0.15, 0.2) is 0 Å². The van der Waals surface area contributed by atoms with E-state index < -0.39 is 29.0 Å². The number of hydrogen-bond acceptors (Lipinski definition) is 1. The molecule has 0 aromatic rings. The van der Waals surface area contributed by atoms with Crippen molar-refractivity contribution in [2.75, 3.05) is 0 Å².